The first-order valence-corrected chi connectivity index (χ1v) is 16.2. The van der Waals surface area contributed by atoms with Gasteiger partial charge in [0.25, 0.3) is 0 Å². The van der Waals surface area contributed by atoms with Crippen molar-refractivity contribution in [3.8, 4) is 0 Å². The van der Waals surface area contributed by atoms with E-state index in [9.17, 15) is 5.11 Å². The van der Waals surface area contributed by atoms with Crippen molar-refractivity contribution in [2.24, 2.45) is 0 Å². The van der Waals surface area contributed by atoms with Crippen LogP contribution in [-0.4, -0.2) is 33.3 Å². The number of aliphatic hydroxyl groups excluding tert-OH is 1. The molecule has 30 heavy (non-hydrogen) atoms. The fraction of sp³-hybridized carbons (Fsp3) is 0.538. The number of rotatable bonds is 10. The fourth-order valence-corrected chi connectivity index (χ4v) is 15.3. The highest BCUT2D eigenvalue weighted by Gasteiger charge is 2.55. The highest BCUT2D eigenvalue weighted by Crippen LogP contribution is 2.42. The topological polar surface area (TPSA) is 29.5 Å². The summed E-state index contributed by atoms with van der Waals surface area (Å²) in [5.41, 5.74) is 0.0359. The summed E-state index contributed by atoms with van der Waals surface area (Å²) in [5, 5.41) is 13.4. The van der Waals surface area contributed by atoms with E-state index in [1.54, 1.807) is 0 Å². The van der Waals surface area contributed by atoms with E-state index >= 15 is 0 Å². The van der Waals surface area contributed by atoms with Gasteiger partial charge in [0, 0.05) is 5.73 Å². The van der Waals surface area contributed by atoms with E-state index in [1.807, 2.05) is 6.92 Å². The summed E-state index contributed by atoms with van der Waals surface area (Å²) in [5.74, 6) is 0. The van der Waals surface area contributed by atoms with Crippen LogP contribution >= 0.6 is 0 Å². The second-order valence-electron chi connectivity index (χ2n) is 9.72. The Bertz CT molecular complexity index is 702. The summed E-state index contributed by atoms with van der Waals surface area (Å²) in [7, 11) is -4.33. The summed E-state index contributed by atoms with van der Waals surface area (Å²) in [6.45, 7) is 15.9. The predicted molar refractivity (Wildman–Crippen MR) is 136 cm³/mol. The van der Waals surface area contributed by atoms with E-state index in [4.69, 9.17) is 4.43 Å². The Morgan fingerprint density at radius 3 is 1.50 bits per heavy atom. The molecular formula is C26H42O2Si2. The van der Waals surface area contributed by atoms with Gasteiger partial charge >= 0.3 is 0 Å². The summed E-state index contributed by atoms with van der Waals surface area (Å²) in [6, 6.07) is 25.4. The van der Waals surface area contributed by atoms with Crippen LogP contribution in [0.15, 0.2) is 60.7 Å². The molecule has 2 aromatic carbocycles. The number of hydrogen-bond donors (Lipinski definition) is 1. The molecule has 2 nitrogen and oxygen atoms in total. The van der Waals surface area contributed by atoms with E-state index in [0.717, 1.165) is 18.1 Å². The van der Waals surface area contributed by atoms with E-state index < -0.39 is 22.5 Å². The molecular weight excluding hydrogens is 400 g/mol. The van der Waals surface area contributed by atoms with Crippen LogP contribution in [0.1, 0.15) is 54.9 Å². The van der Waals surface area contributed by atoms with Crippen LogP contribution in [0, 0.1) is 0 Å². The summed E-state index contributed by atoms with van der Waals surface area (Å²) in [6.07, 6.45) is 0.288. The molecule has 0 aromatic heterocycles. The Morgan fingerprint density at radius 2 is 1.20 bits per heavy atom. The monoisotopic (exact) mass is 442 g/mol. The molecule has 0 spiro atoms. The highest BCUT2D eigenvalue weighted by molar-refractivity contribution is 7.05. The van der Waals surface area contributed by atoms with Gasteiger partial charge in [-0.25, -0.2) is 0 Å². The Labute approximate surface area is 186 Å². The predicted octanol–water partition coefficient (Wildman–Crippen LogP) is 5.75. The van der Waals surface area contributed by atoms with Gasteiger partial charge in [-0.15, -0.1) is 0 Å². The van der Waals surface area contributed by atoms with Gasteiger partial charge in [-0.05, 0) is 36.5 Å². The van der Waals surface area contributed by atoms with Gasteiger partial charge in [-0.2, -0.15) is 0 Å². The lowest BCUT2D eigenvalue weighted by atomic mass is 10.2. The molecule has 0 radical (unpaired) electrons. The lowest BCUT2D eigenvalue weighted by Gasteiger charge is -2.51. The van der Waals surface area contributed by atoms with Gasteiger partial charge in [-0.3, -0.25) is 0 Å². The van der Waals surface area contributed by atoms with E-state index in [0.29, 0.717) is 6.42 Å². The number of aliphatic hydroxyl groups is 1. The summed E-state index contributed by atoms with van der Waals surface area (Å²) < 4.78 is 7.34. The van der Waals surface area contributed by atoms with Gasteiger partial charge in [0.1, 0.15) is 0 Å². The Kier molecular flexibility index (Phi) is 8.69. The van der Waals surface area contributed by atoms with Crippen molar-refractivity contribution in [2.75, 3.05) is 0 Å². The molecule has 2 aromatic rings. The standard InChI is InChI=1S/C26H42O2Si2/c1-8-29(9-2,10-3)28-25(21-22(4)27)30(26(5,6)7,23-17-13-11-14-18-23)24-19-15-12-16-20-24/h11-20,22,25,27H,8-10,21H2,1-7H3/t22-,25-/m1/s1. The summed E-state index contributed by atoms with van der Waals surface area (Å²) in [4.78, 5) is 0. The third-order valence-electron chi connectivity index (χ3n) is 7.00. The second-order valence-corrected chi connectivity index (χ2v) is 19.4. The van der Waals surface area contributed by atoms with E-state index in [2.05, 4.69) is 102 Å². The zero-order valence-corrected chi connectivity index (χ0v) is 22.1. The SMILES string of the molecule is CC[Si](CC)(CC)O[C@@H](C[C@@H](C)O)[Si](c1ccccc1)(c1ccccc1)C(C)(C)C. The van der Waals surface area contributed by atoms with Crippen molar-refractivity contribution in [1.82, 2.24) is 0 Å². The van der Waals surface area contributed by atoms with Gasteiger partial charge in [0.15, 0.2) is 16.4 Å². The minimum Gasteiger partial charge on any atom is -0.416 e. The van der Waals surface area contributed by atoms with Crippen LogP contribution in [0.2, 0.25) is 23.2 Å². The second kappa shape index (κ2) is 10.4. The maximum absolute atomic E-state index is 10.6. The minimum absolute atomic E-state index is 0.0185. The molecule has 0 saturated carbocycles. The van der Waals surface area contributed by atoms with E-state index in [-0.39, 0.29) is 10.8 Å². The van der Waals surface area contributed by atoms with Crippen LogP contribution in [0.25, 0.3) is 0 Å². The van der Waals surface area contributed by atoms with E-state index in [1.165, 1.54) is 10.4 Å². The zero-order valence-electron chi connectivity index (χ0n) is 20.1. The van der Waals surface area contributed by atoms with Crippen molar-refractivity contribution in [3.05, 3.63) is 60.7 Å². The molecule has 0 unspecified atom stereocenters. The smallest absolute Gasteiger partial charge is 0.191 e. The molecule has 0 aliphatic carbocycles. The Hall–Kier alpha value is -1.21. The largest absolute Gasteiger partial charge is 0.416 e. The lowest BCUT2D eigenvalue weighted by Crippen LogP contribution is -2.73. The molecule has 166 valence electrons. The van der Waals surface area contributed by atoms with Crippen molar-refractivity contribution in [3.63, 3.8) is 0 Å². The molecule has 0 saturated heterocycles. The van der Waals surface area contributed by atoms with Gasteiger partial charge < -0.3 is 9.53 Å². The quantitative estimate of drug-likeness (QED) is 0.475. The van der Waals surface area contributed by atoms with Crippen LogP contribution in [0.4, 0.5) is 0 Å². The third kappa shape index (κ3) is 4.99. The summed E-state index contributed by atoms with van der Waals surface area (Å²) >= 11 is 0. The van der Waals surface area contributed by atoms with Gasteiger partial charge in [-0.1, -0.05) is 113 Å². The molecule has 0 bridgehead atoms. The normalized spacial score (nSPS) is 15.1. The molecule has 2 atom stereocenters. The molecule has 0 heterocycles. The Balaban J connectivity index is 2.85. The van der Waals surface area contributed by atoms with Crippen LogP contribution in [0.5, 0.6) is 0 Å². The minimum atomic E-state index is -2.45. The van der Waals surface area contributed by atoms with Crippen molar-refractivity contribution in [1.29, 1.82) is 0 Å². The van der Waals surface area contributed by atoms with Crippen molar-refractivity contribution >= 4 is 26.8 Å². The van der Waals surface area contributed by atoms with Crippen LogP contribution in [-0.2, 0) is 4.43 Å². The molecule has 0 fully saturated rings. The lowest BCUT2D eigenvalue weighted by molar-refractivity contribution is 0.131. The molecule has 0 amide bonds. The first-order valence-electron chi connectivity index (χ1n) is 11.6. The zero-order chi connectivity index (χ0) is 22.4. The van der Waals surface area contributed by atoms with Crippen LogP contribution in [0.3, 0.4) is 0 Å². The maximum atomic E-state index is 10.6. The molecule has 4 heteroatoms. The third-order valence-corrected chi connectivity index (χ3v) is 18.1. The number of hydrogen-bond acceptors (Lipinski definition) is 2. The molecule has 1 N–H and O–H groups in total. The van der Waals surface area contributed by atoms with Gasteiger partial charge in [0.05, 0.1) is 6.10 Å². The van der Waals surface area contributed by atoms with Crippen molar-refractivity contribution < 1.29 is 9.53 Å². The highest BCUT2D eigenvalue weighted by atomic mass is 28.4. The molecule has 2 rings (SSSR count). The average molecular weight is 443 g/mol. The number of benzene rings is 2. The fourth-order valence-electron chi connectivity index (χ4n) is 5.21. The van der Waals surface area contributed by atoms with Crippen LogP contribution < -0.4 is 10.4 Å². The molecule has 0 aliphatic heterocycles. The maximum Gasteiger partial charge on any atom is 0.191 e. The first kappa shape index (κ1) is 25.1. The molecule has 0 aliphatic rings. The van der Waals surface area contributed by atoms with Gasteiger partial charge in [0.2, 0.25) is 0 Å². The first-order chi connectivity index (χ1) is 14.2. The van der Waals surface area contributed by atoms with Crippen molar-refractivity contribution in [2.45, 2.75) is 89.9 Å². The Morgan fingerprint density at radius 1 is 0.800 bits per heavy atom. The average Bonchev–Trinajstić information content (AvgIpc) is 2.72.